The van der Waals surface area contributed by atoms with Crippen LogP contribution in [0.4, 0.5) is 10.5 Å². The van der Waals surface area contributed by atoms with E-state index in [1.54, 1.807) is 0 Å². The summed E-state index contributed by atoms with van der Waals surface area (Å²) in [6.45, 7) is 11.7. The second kappa shape index (κ2) is 8.92. The van der Waals surface area contributed by atoms with E-state index in [9.17, 15) is 4.79 Å². The quantitative estimate of drug-likeness (QED) is 0.782. The van der Waals surface area contributed by atoms with Gasteiger partial charge in [-0.2, -0.15) is 0 Å². The van der Waals surface area contributed by atoms with Gasteiger partial charge in [-0.1, -0.05) is 39.8 Å². The Morgan fingerprint density at radius 2 is 1.74 bits per heavy atom. The zero-order valence-corrected chi connectivity index (χ0v) is 15.7. The Bertz CT molecular complexity index is 509. The maximum atomic E-state index is 12.2. The summed E-state index contributed by atoms with van der Waals surface area (Å²) in [6.07, 6.45) is 0.934. The monoisotopic (exact) mass is 319 g/mol. The molecule has 2 amide bonds. The topological polar surface area (TPSA) is 44.4 Å². The summed E-state index contributed by atoms with van der Waals surface area (Å²) in [5.74, 6) is 0.858. The lowest BCUT2D eigenvalue weighted by atomic mass is 9.94. The number of amides is 2. The number of carbonyl (C=O) groups excluding carboxylic acids is 1. The van der Waals surface area contributed by atoms with Crippen molar-refractivity contribution >= 4 is 11.7 Å². The summed E-state index contributed by atoms with van der Waals surface area (Å²) >= 11 is 0. The molecule has 0 fully saturated rings. The van der Waals surface area contributed by atoms with Gasteiger partial charge in [0, 0.05) is 11.7 Å². The Labute approximate surface area is 141 Å². The van der Waals surface area contributed by atoms with E-state index in [0.717, 1.165) is 18.7 Å². The average Bonchev–Trinajstić information content (AvgIpc) is 2.44. The molecule has 1 aromatic rings. The molecule has 4 heteroatoms. The number of nitrogens with zero attached hydrogens (tertiary/aromatic N) is 1. The Morgan fingerprint density at radius 3 is 2.26 bits per heavy atom. The lowest BCUT2D eigenvalue weighted by molar-refractivity contribution is 0.247. The van der Waals surface area contributed by atoms with Crippen molar-refractivity contribution in [3.8, 4) is 0 Å². The van der Waals surface area contributed by atoms with Crippen LogP contribution in [-0.4, -0.2) is 37.6 Å². The third kappa shape index (κ3) is 6.61. The fraction of sp³-hybridized carbons (Fsp3) is 0.632. The number of hydrogen-bond donors (Lipinski definition) is 2. The normalized spacial score (nSPS) is 12.8. The maximum absolute atomic E-state index is 12.2. The van der Waals surface area contributed by atoms with E-state index in [2.05, 4.69) is 55.4 Å². The third-order valence-corrected chi connectivity index (χ3v) is 4.00. The highest BCUT2D eigenvalue weighted by Gasteiger charge is 2.13. The van der Waals surface area contributed by atoms with Gasteiger partial charge in [0.05, 0.1) is 0 Å². The molecule has 1 unspecified atom stereocenters. The summed E-state index contributed by atoms with van der Waals surface area (Å²) in [4.78, 5) is 14.3. The molecular formula is C19H33N3O. The molecule has 0 saturated carbocycles. The number of benzene rings is 1. The minimum absolute atomic E-state index is 0.129. The van der Waals surface area contributed by atoms with Crippen LogP contribution in [0.5, 0.6) is 0 Å². The highest BCUT2D eigenvalue weighted by molar-refractivity contribution is 5.90. The molecule has 0 aromatic heterocycles. The van der Waals surface area contributed by atoms with Crippen molar-refractivity contribution in [3.05, 3.63) is 29.3 Å². The molecule has 1 aromatic carbocycles. The van der Waals surface area contributed by atoms with E-state index in [1.807, 2.05) is 27.1 Å². The Morgan fingerprint density at radius 1 is 1.09 bits per heavy atom. The number of rotatable bonds is 7. The number of hydrogen-bond acceptors (Lipinski definition) is 2. The highest BCUT2D eigenvalue weighted by atomic mass is 16.2. The zero-order chi connectivity index (χ0) is 17.6. The third-order valence-electron chi connectivity index (χ3n) is 4.00. The van der Waals surface area contributed by atoms with Gasteiger partial charge >= 0.3 is 6.03 Å². The maximum Gasteiger partial charge on any atom is 0.319 e. The van der Waals surface area contributed by atoms with Gasteiger partial charge in [0.2, 0.25) is 0 Å². The van der Waals surface area contributed by atoms with Crippen LogP contribution < -0.4 is 10.6 Å². The first-order valence-corrected chi connectivity index (χ1v) is 8.56. The second-order valence-electron chi connectivity index (χ2n) is 7.25. The molecule has 0 radical (unpaired) electrons. The first kappa shape index (κ1) is 19.5. The zero-order valence-electron chi connectivity index (χ0n) is 15.7. The van der Waals surface area contributed by atoms with Crippen molar-refractivity contribution in [1.82, 2.24) is 10.2 Å². The molecule has 0 aliphatic rings. The smallest absolute Gasteiger partial charge is 0.319 e. The molecule has 130 valence electrons. The van der Waals surface area contributed by atoms with Gasteiger partial charge in [-0.15, -0.1) is 0 Å². The molecule has 0 bridgehead atoms. The minimum Gasteiger partial charge on any atom is -0.335 e. The predicted octanol–water partition coefficient (Wildman–Crippen LogP) is 4.40. The van der Waals surface area contributed by atoms with Crippen molar-refractivity contribution in [2.45, 2.75) is 58.9 Å². The molecule has 1 rings (SSSR count). The lowest BCUT2D eigenvalue weighted by Gasteiger charge is -2.20. The molecule has 0 heterocycles. The van der Waals surface area contributed by atoms with Gasteiger partial charge < -0.3 is 15.5 Å². The molecular weight excluding hydrogens is 286 g/mol. The minimum atomic E-state index is -0.129. The van der Waals surface area contributed by atoms with Crippen LogP contribution in [0.3, 0.4) is 0 Å². The summed E-state index contributed by atoms with van der Waals surface area (Å²) in [6, 6.07) is 6.35. The fourth-order valence-electron chi connectivity index (χ4n) is 2.44. The average molecular weight is 319 g/mol. The summed E-state index contributed by atoms with van der Waals surface area (Å²) in [5.41, 5.74) is 3.40. The number of nitrogens with one attached hydrogen (secondary N) is 2. The van der Waals surface area contributed by atoms with Crippen LogP contribution in [0.25, 0.3) is 0 Å². The number of anilines is 1. The SMILES string of the molecule is CC(CCN(C)C)NC(=O)Nc1ccc(C(C)C)cc1C(C)C. The molecule has 2 N–H and O–H groups in total. The Hall–Kier alpha value is -1.55. The summed E-state index contributed by atoms with van der Waals surface area (Å²) in [7, 11) is 4.08. The predicted molar refractivity (Wildman–Crippen MR) is 99.4 cm³/mol. The van der Waals surface area contributed by atoms with E-state index < -0.39 is 0 Å². The summed E-state index contributed by atoms with van der Waals surface area (Å²) < 4.78 is 0. The molecule has 4 nitrogen and oxygen atoms in total. The van der Waals surface area contributed by atoms with Crippen LogP contribution >= 0.6 is 0 Å². The standard InChI is InChI=1S/C19H33N3O/c1-13(2)16-8-9-18(17(12-16)14(3)4)21-19(23)20-15(5)10-11-22(6)7/h8-9,12-15H,10-11H2,1-7H3,(H2,20,21,23). The van der Waals surface area contributed by atoms with E-state index in [-0.39, 0.29) is 12.1 Å². The first-order valence-electron chi connectivity index (χ1n) is 8.56. The van der Waals surface area contributed by atoms with Crippen LogP contribution in [0.1, 0.15) is 64.0 Å². The van der Waals surface area contributed by atoms with Crippen LogP contribution in [-0.2, 0) is 0 Å². The first-order chi connectivity index (χ1) is 10.7. The van der Waals surface area contributed by atoms with Crippen molar-refractivity contribution in [2.24, 2.45) is 0 Å². The molecule has 0 saturated heterocycles. The van der Waals surface area contributed by atoms with Crippen molar-refractivity contribution in [3.63, 3.8) is 0 Å². The van der Waals surface area contributed by atoms with Crippen molar-refractivity contribution in [1.29, 1.82) is 0 Å². The molecule has 23 heavy (non-hydrogen) atoms. The second-order valence-corrected chi connectivity index (χ2v) is 7.25. The van der Waals surface area contributed by atoms with Gasteiger partial charge in [-0.3, -0.25) is 0 Å². The van der Waals surface area contributed by atoms with Gasteiger partial charge in [-0.05, 0) is 63.0 Å². The van der Waals surface area contributed by atoms with Gasteiger partial charge in [-0.25, -0.2) is 4.79 Å². The largest absolute Gasteiger partial charge is 0.335 e. The van der Waals surface area contributed by atoms with Crippen LogP contribution in [0.2, 0.25) is 0 Å². The molecule has 0 aliphatic heterocycles. The van der Waals surface area contributed by atoms with Crippen molar-refractivity contribution in [2.75, 3.05) is 26.0 Å². The van der Waals surface area contributed by atoms with E-state index in [1.165, 1.54) is 11.1 Å². The Balaban J connectivity index is 2.74. The Kier molecular flexibility index (Phi) is 7.56. The van der Waals surface area contributed by atoms with Gasteiger partial charge in [0.25, 0.3) is 0 Å². The lowest BCUT2D eigenvalue weighted by Crippen LogP contribution is -2.37. The van der Waals surface area contributed by atoms with Gasteiger partial charge in [0.1, 0.15) is 0 Å². The van der Waals surface area contributed by atoms with Gasteiger partial charge in [0.15, 0.2) is 0 Å². The van der Waals surface area contributed by atoms with Crippen LogP contribution in [0.15, 0.2) is 18.2 Å². The van der Waals surface area contributed by atoms with Crippen LogP contribution in [0, 0.1) is 0 Å². The molecule has 0 spiro atoms. The highest BCUT2D eigenvalue weighted by Crippen LogP contribution is 2.28. The van der Waals surface area contributed by atoms with E-state index in [0.29, 0.717) is 11.8 Å². The number of urea groups is 1. The van der Waals surface area contributed by atoms with E-state index in [4.69, 9.17) is 0 Å². The van der Waals surface area contributed by atoms with E-state index >= 15 is 0 Å². The fourth-order valence-corrected chi connectivity index (χ4v) is 2.44. The number of carbonyl (C=O) groups is 1. The molecule has 1 atom stereocenters. The molecule has 0 aliphatic carbocycles. The summed E-state index contributed by atoms with van der Waals surface area (Å²) in [5, 5.41) is 6.02. The van der Waals surface area contributed by atoms with Crippen molar-refractivity contribution < 1.29 is 4.79 Å².